The molecular formula is C15H18BrNS. The van der Waals surface area contributed by atoms with Gasteiger partial charge < -0.3 is 5.73 Å². The molecule has 3 heteroatoms. The molecule has 2 rings (SSSR count). The van der Waals surface area contributed by atoms with Gasteiger partial charge >= 0.3 is 0 Å². The molecule has 0 bridgehead atoms. The minimum Gasteiger partial charge on any atom is -0.320 e. The molecule has 1 atom stereocenters. The van der Waals surface area contributed by atoms with Crippen molar-refractivity contribution in [1.29, 1.82) is 0 Å². The highest BCUT2D eigenvalue weighted by Crippen LogP contribution is 2.29. The molecule has 1 aromatic heterocycles. The van der Waals surface area contributed by atoms with Crippen LogP contribution in [0.15, 0.2) is 40.2 Å². The molecule has 0 saturated heterocycles. The minimum atomic E-state index is -0.0200. The Hall–Kier alpha value is -0.640. The van der Waals surface area contributed by atoms with Gasteiger partial charge in [0, 0.05) is 14.7 Å². The van der Waals surface area contributed by atoms with Crippen LogP contribution in [0, 0.1) is 5.92 Å². The Balaban J connectivity index is 2.22. The number of thiophene rings is 1. The predicted octanol–water partition coefficient (Wildman–Crippen LogP) is 4.76. The van der Waals surface area contributed by atoms with Gasteiger partial charge in [-0.3, -0.25) is 0 Å². The van der Waals surface area contributed by atoms with E-state index in [1.54, 1.807) is 11.3 Å². The molecule has 2 N–H and O–H groups in total. The lowest BCUT2D eigenvalue weighted by molar-refractivity contribution is 0.646. The number of nitrogens with two attached hydrogens (primary N) is 1. The SMILES string of the molecule is CC(C)Cc1cccc(C(N)c2cc(Br)cs2)c1. The highest BCUT2D eigenvalue weighted by atomic mass is 79.9. The molecule has 0 aliphatic rings. The van der Waals surface area contributed by atoms with E-state index in [1.165, 1.54) is 16.0 Å². The zero-order valence-corrected chi connectivity index (χ0v) is 13.1. The van der Waals surface area contributed by atoms with Crippen LogP contribution in [0.3, 0.4) is 0 Å². The fourth-order valence-corrected chi connectivity index (χ4v) is 3.51. The summed E-state index contributed by atoms with van der Waals surface area (Å²) in [6, 6.07) is 10.7. The van der Waals surface area contributed by atoms with E-state index in [-0.39, 0.29) is 6.04 Å². The van der Waals surface area contributed by atoms with Crippen LogP contribution in [0.25, 0.3) is 0 Å². The summed E-state index contributed by atoms with van der Waals surface area (Å²) >= 11 is 5.18. The highest BCUT2D eigenvalue weighted by molar-refractivity contribution is 9.10. The van der Waals surface area contributed by atoms with Gasteiger partial charge in [0.25, 0.3) is 0 Å². The molecule has 0 spiro atoms. The van der Waals surface area contributed by atoms with E-state index < -0.39 is 0 Å². The maximum absolute atomic E-state index is 6.32. The van der Waals surface area contributed by atoms with Gasteiger partial charge in [-0.25, -0.2) is 0 Å². The maximum atomic E-state index is 6.32. The molecule has 18 heavy (non-hydrogen) atoms. The van der Waals surface area contributed by atoms with Gasteiger partial charge in [-0.05, 0) is 45.5 Å². The molecule has 0 aliphatic heterocycles. The second-order valence-electron chi connectivity index (χ2n) is 4.99. The smallest absolute Gasteiger partial charge is 0.0646 e. The molecule has 96 valence electrons. The normalized spacial score (nSPS) is 12.9. The zero-order chi connectivity index (χ0) is 13.1. The number of hydrogen-bond acceptors (Lipinski definition) is 2. The predicted molar refractivity (Wildman–Crippen MR) is 83.0 cm³/mol. The van der Waals surface area contributed by atoms with E-state index in [2.05, 4.69) is 65.5 Å². The van der Waals surface area contributed by atoms with Crippen LogP contribution in [0.1, 0.15) is 35.9 Å². The largest absolute Gasteiger partial charge is 0.320 e. The summed E-state index contributed by atoms with van der Waals surface area (Å²) in [6.07, 6.45) is 1.11. The summed E-state index contributed by atoms with van der Waals surface area (Å²) in [7, 11) is 0. The lowest BCUT2D eigenvalue weighted by atomic mass is 9.98. The molecule has 1 aromatic carbocycles. The van der Waals surface area contributed by atoms with Gasteiger partial charge in [0.1, 0.15) is 0 Å². The molecule has 0 amide bonds. The van der Waals surface area contributed by atoms with Crippen molar-refractivity contribution in [2.24, 2.45) is 11.7 Å². The van der Waals surface area contributed by atoms with Gasteiger partial charge in [0.2, 0.25) is 0 Å². The Labute approximate surface area is 121 Å². The average molecular weight is 324 g/mol. The molecule has 1 nitrogen and oxygen atoms in total. The second-order valence-corrected chi connectivity index (χ2v) is 6.85. The van der Waals surface area contributed by atoms with E-state index in [4.69, 9.17) is 5.73 Å². The van der Waals surface area contributed by atoms with E-state index in [1.807, 2.05) is 0 Å². The molecule has 0 aliphatic carbocycles. The first-order valence-corrected chi connectivity index (χ1v) is 7.82. The molecule has 0 radical (unpaired) electrons. The molecule has 1 unspecified atom stereocenters. The van der Waals surface area contributed by atoms with Crippen molar-refractivity contribution >= 4 is 27.3 Å². The van der Waals surface area contributed by atoms with Gasteiger partial charge in [-0.1, -0.05) is 38.1 Å². The van der Waals surface area contributed by atoms with Crippen molar-refractivity contribution in [3.8, 4) is 0 Å². The third-order valence-corrected chi connectivity index (χ3v) is 4.62. The Bertz CT molecular complexity index is 519. The van der Waals surface area contributed by atoms with Crippen molar-refractivity contribution in [3.05, 3.63) is 56.2 Å². The summed E-state index contributed by atoms with van der Waals surface area (Å²) in [5.41, 5.74) is 8.88. The van der Waals surface area contributed by atoms with E-state index in [9.17, 15) is 0 Å². The number of hydrogen-bond donors (Lipinski definition) is 1. The van der Waals surface area contributed by atoms with Gasteiger partial charge in [0.05, 0.1) is 6.04 Å². The van der Waals surface area contributed by atoms with Crippen LogP contribution < -0.4 is 5.73 Å². The van der Waals surface area contributed by atoms with Crippen LogP contribution in [-0.2, 0) is 6.42 Å². The molecule has 0 saturated carbocycles. The van der Waals surface area contributed by atoms with Crippen molar-refractivity contribution < 1.29 is 0 Å². The lowest BCUT2D eigenvalue weighted by Crippen LogP contribution is -2.10. The fourth-order valence-electron chi connectivity index (χ4n) is 2.04. The van der Waals surface area contributed by atoms with Crippen LogP contribution in [0.5, 0.6) is 0 Å². The van der Waals surface area contributed by atoms with E-state index in [0.29, 0.717) is 5.92 Å². The third kappa shape index (κ3) is 3.44. The standard InChI is InChI=1S/C15H18BrNS/c1-10(2)6-11-4-3-5-12(7-11)15(17)14-8-13(16)9-18-14/h3-5,7-10,15H,6,17H2,1-2H3. The summed E-state index contributed by atoms with van der Waals surface area (Å²) in [5.74, 6) is 0.673. The summed E-state index contributed by atoms with van der Waals surface area (Å²) < 4.78 is 1.11. The van der Waals surface area contributed by atoms with Crippen LogP contribution >= 0.6 is 27.3 Å². The summed E-state index contributed by atoms with van der Waals surface area (Å²) in [4.78, 5) is 1.20. The maximum Gasteiger partial charge on any atom is 0.0646 e. The van der Waals surface area contributed by atoms with Crippen LogP contribution in [-0.4, -0.2) is 0 Å². The Morgan fingerprint density at radius 1 is 1.28 bits per heavy atom. The fraction of sp³-hybridized carbons (Fsp3) is 0.333. The van der Waals surface area contributed by atoms with Gasteiger partial charge in [-0.15, -0.1) is 11.3 Å². The first-order chi connectivity index (χ1) is 8.56. The van der Waals surface area contributed by atoms with Gasteiger partial charge in [-0.2, -0.15) is 0 Å². The van der Waals surface area contributed by atoms with Crippen molar-refractivity contribution in [3.63, 3.8) is 0 Å². The number of benzene rings is 1. The van der Waals surface area contributed by atoms with Crippen molar-refractivity contribution in [1.82, 2.24) is 0 Å². The molecule has 2 aromatic rings. The summed E-state index contributed by atoms with van der Waals surface area (Å²) in [6.45, 7) is 4.48. The zero-order valence-electron chi connectivity index (χ0n) is 10.7. The topological polar surface area (TPSA) is 26.0 Å². The first kappa shape index (κ1) is 13.8. The quantitative estimate of drug-likeness (QED) is 0.862. The summed E-state index contributed by atoms with van der Waals surface area (Å²) in [5, 5.41) is 2.08. The van der Waals surface area contributed by atoms with E-state index in [0.717, 1.165) is 10.9 Å². The minimum absolute atomic E-state index is 0.0200. The lowest BCUT2D eigenvalue weighted by Gasteiger charge is -2.12. The monoisotopic (exact) mass is 323 g/mol. The Morgan fingerprint density at radius 2 is 2.06 bits per heavy atom. The average Bonchev–Trinajstić information content (AvgIpc) is 2.74. The number of rotatable bonds is 4. The second kappa shape index (κ2) is 6.00. The van der Waals surface area contributed by atoms with Crippen molar-refractivity contribution in [2.75, 3.05) is 0 Å². The molecular weight excluding hydrogens is 306 g/mol. The van der Waals surface area contributed by atoms with Gasteiger partial charge in [0.15, 0.2) is 0 Å². The number of halogens is 1. The van der Waals surface area contributed by atoms with Crippen molar-refractivity contribution in [2.45, 2.75) is 26.3 Å². The highest BCUT2D eigenvalue weighted by Gasteiger charge is 2.11. The molecule has 1 heterocycles. The third-order valence-electron chi connectivity index (χ3n) is 2.85. The van der Waals surface area contributed by atoms with Crippen LogP contribution in [0.2, 0.25) is 0 Å². The van der Waals surface area contributed by atoms with Crippen LogP contribution in [0.4, 0.5) is 0 Å². The Morgan fingerprint density at radius 3 is 2.67 bits per heavy atom. The first-order valence-electron chi connectivity index (χ1n) is 6.14. The van der Waals surface area contributed by atoms with E-state index >= 15 is 0 Å². The molecule has 0 fully saturated rings. The Kier molecular flexibility index (Phi) is 4.60.